The number of carbonyl (C=O) groups is 1. The van der Waals surface area contributed by atoms with E-state index in [4.69, 9.17) is 5.11 Å². The van der Waals surface area contributed by atoms with Crippen molar-refractivity contribution in [3.8, 4) is 0 Å². The molecular formula is C16H20N4O2. The lowest BCUT2D eigenvalue weighted by Gasteiger charge is -2.32. The minimum absolute atomic E-state index is 0.0680. The maximum absolute atomic E-state index is 10.9. The van der Waals surface area contributed by atoms with Crippen LogP contribution in [0.3, 0.4) is 0 Å². The van der Waals surface area contributed by atoms with E-state index in [0.29, 0.717) is 5.92 Å². The highest BCUT2D eigenvalue weighted by atomic mass is 16.4. The summed E-state index contributed by atoms with van der Waals surface area (Å²) in [4.78, 5) is 17.5. The molecule has 0 radical (unpaired) electrons. The van der Waals surface area contributed by atoms with Crippen molar-refractivity contribution >= 4 is 5.97 Å². The normalized spacial score (nSPS) is 19.2. The van der Waals surface area contributed by atoms with Crippen molar-refractivity contribution in [3.05, 3.63) is 48.0 Å². The average Bonchev–Trinajstić information content (AvgIpc) is 2.96. The number of nitrogens with zero attached hydrogens (tertiary/aromatic N) is 4. The summed E-state index contributed by atoms with van der Waals surface area (Å²) in [6.45, 7) is 2.82. The van der Waals surface area contributed by atoms with E-state index in [-0.39, 0.29) is 6.54 Å². The van der Waals surface area contributed by atoms with E-state index in [1.54, 1.807) is 17.1 Å². The molecule has 0 aliphatic carbocycles. The second kappa shape index (κ2) is 6.70. The Balaban J connectivity index is 1.68. The average molecular weight is 300 g/mol. The van der Waals surface area contributed by atoms with Crippen LogP contribution in [0.5, 0.6) is 0 Å². The third kappa shape index (κ3) is 3.51. The molecule has 0 unspecified atom stereocenters. The number of carboxylic acid groups (broad SMARTS) is 1. The molecule has 0 spiro atoms. The summed E-state index contributed by atoms with van der Waals surface area (Å²) in [7, 11) is 0. The lowest BCUT2D eigenvalue weighted by molar-refractivity contribution is -0.137. The van der Waals surface area contributed by atoms with E-state index in [2.05, 4.69) is 21.0 Å². The Hall–Kier alpha value is -2.21. The maximum atomic E-state index is 10.9. The minimum Gasteiger partial charge on any atom is -0.480 e. The van der Waals surface area contributed by atoms with Crippen molar-refractivity contribution in [1.29, 1.82) is 0 Å². The first-order valence-electron chi connectivity index (χ1n) is 7.57. The van der Waals surface area contributed by atoms with Gasteiger partial charge in [0, 0.05) is 43.3 Å². The van der Waals surface area contributed by atoms with E-state index < -0.39 is 5.97 Å². The highest BCUT2D eigenvalue weighted by Crippen LogP contribution is 2.27. The zero-order valence-electron chi connectivity index (χ0n) is 12.4. The molecule has 0 bridgehead atoms. The molecule has 1 N–H and O–H groups in total. The lowest BCUT2D eigenvalue weighted by atomic mass is 9.94. The molecule has 116 valence electrons. The van der Waals surface area contributed by atoms with Crippen molar-refractivity contribution in [1.82, 2.24) is 19.7 Å². The first-order chi connectivity index (χ1) is 10.7. The Morgan fingerprint density at radius 3 is 3.05 bits per heavy atom. The number of aliphatic carboxylic acids is 1. The molecule has 1 fully saturated rings. The number of rotatable bonds is 5. The van der Waals surface area contributed by atoms with Crippen LogP contribution < -0.4 is 0 Å². The third-order valence-corrected chi connectivity index (χ3v) is 4.09. The fourth-order valence-electron chi connectivity index (χ4n) is 3.14. The Labute approximate surface area is 129 Å². The first kappa shape index (κ1) is 14.7. The summed E-state index contributed by atoms with van der Waals surface area (Å²) in [5.74, 6) is -0.514. The molecule has 0 saturated carbocycles. The Bertz CT molecular complexity index is 626. The van der Waals surface area contributed by atoms with Gasteiger partial charge in [-0.05, 0) is 37.1 Å². The Kier molecular flexibility index (Phi) is 4.48. The van der Waals surface area contributed by atoms with Crippen molar-refractivity contribution < 1.29 is 9.90 Å². The molecule has 6 nitrogen and oxygen atoms in total. The molecule has 3 heterocycles. The molecule has 3 rings (SSSR count). The highest BCUT2D eigenvalue weighted by molar-refractivity contribution is 5.66. The SMILES string of the molecule is O=C(O)Cn1nccc1[C@H]1CCCN(Cc2cccnc2)C1. The minimum atomic E-state index is -0.854. The monoisotopic (exact) mass is 300 g/mol. The zero-order chi connectivity index (χ0) is 15.4. The number of likely N-dealkylation sites (tertiary alicyclic amines) is 1. The second-order valence-electron chi connectivity index (χ2n) is 5.74. The summed E-state index contributed by atoms with van der Waals surface area (Å²) >= 11 is 0. The number of piperidine rings is 1. The van der Waals surface area contributed by atoms with Crippen LogP contribution in [0.15, 0.2) is 36.8 Å². The van der Waals surface area contributed by atoms with Crippen molar-refractivity contribution in [2.24, 2.45) is 0 Å². The van der Waals surface area contributed by atoms with Crippen molar-refractivity contribution in [2.45, 2.75) is 31.8 Å². The third-order valence-electron chi connectivity index (χ3n) is 4.09. The van der Waals surface area contributed by atoms with Gasteiger partial charge >= 0.3 is 5.97 Å². The molecule has 1 atom stereocenters. The van der Waals surface area contributed by atoms with Crippen LogP contribution in [-0.2, 0) is 17.9 Å². The van der Waals surface area contributed by atoms with Crippen LogP contribution in [0.2, 0.25) is 0 Å². The van der Waals surface area contributed by atoms with Gasteiger partial charge in [-0.15, -0.1) is 0 Å². The summed E-state index contributed by atoms with van der Waals surface area (Å²) in [5.41, 5.74) is 2.24. The van der Waals surface area contributed by atoms with Gasteiger partial charge in [0.1, 0.15) is 6.54 Å². The molecule has 2 aromatic rings. The molecule has 22 heavy (non-hydrogen) atoms. The lowest BCUT2D eigenvalue weighted by Crippen LogP contribution is -2.35. The fourth-order valence-corrected chi connectivity index (χ4v) is 3.14. The maximum Gasteiger partial charge on any atom is 0.325 e. The predicted molar refractivity (Wildman–Crippen MR) is 81.4 cm³/mol. The number of aromatic nitrogens is 3. The largest absolute Gasteiger partial charge is 0.480 e. The van der Waals surface area contributed by atoms with Gasteiger partial charge < -0.3 is 5.11 Å². The van der Waals surface area contributed by atoms with Crippen molar-refractivity contribution in [3.63, 3.8) is 0 Å². The van der Waals surface area contributed by atoms with Crippen LogP contribution in [0.25, 0.3) is 0 Å². The van der Waals surface area contributed by atoms with Gasteiger partial charge in [0.15, 0.2) is 0 Å². The first-order valence-corrected chi connectivity index (χ1v) is 7.57. The quantitative estimate of drug-likeness (QED) is 0.910. The number of pyridine rings is 1. The summed E-state index contributed by atoms with van der Waals surface area (Å²) in [6.07, 6.45) is 7.57. The molecule has 1 aliphatic heterocycles. The van der Waals surface area contributed by atoms with E-state index in [1.165, 1.54) is 5.56 Å². The molecule has 0 amide bonds. The summed E-state index contributed by atoms with van der Waals surface area (Å²) in [6, 6.07) is 5.99. The number of hydrogen-bond donors (Lipinski definition) is 1. The van der Waals surface area contributed by atoms with Crippen LogP contribution >= 0.6 is 0 Å². The topological polar surface area (TPSA) is 71.2 Å². The van der Waals surface area contributed by atoms with E-state index in [9.17, 15) is 4.79 Å². The van der Waals surface area contributed by atoms with Gasteiger partial charge in [0.05, 0.1) is 0 Å². The van der Waals surface area contributed by atoms with E-state index in [0.717, 1.165) is 38.2 Å². The Morgan fingerprint density at radius 1 is 1.36 bits per heavy atom. The van der Waals surface area contributed by atoms with Gasteiger partial charge in [0.25, 0.3) is 0 Å². The van der Waals surface area contributed by atoms with E-state index in [1.807, 2.05) is 18.3 Å². The molecule has 1 aliphatic rings. The molecular weight excluding hydrogens is 280 g/mol. The van der Waals surface area contributed by atoms with Gasteiger partial charge in [0.2, 0.25) is 0 Å². The fraction of sp³-hybridized carbons (Fsp3) is 0.438. The van der Waals surface area contributed by atoms with Gasteiger partial charge in [-0.1, -0.05) is 6.07 Å². The summed E-state index contributed by atoms with van der Waals surface area (Å²) < 4.78 is 1.61. The van der Waals surface area contributed by atoms with Crippen LogP contribution in [0.4, 0.5) is 0 Å². The van der Waals surface area contributed by atoms with Crippen LogP contribution in [0.1, 0.15) is 30.0 Å². The van der Waals surface area contributed by atoms with Crippen molar-refractivity contribution in [2.75, 3.05) is 13.1 Å². The van der Waals surface area contributed by atoms with E-state index >= 15 is 0 Å². The molecule has 0 aromatic carbocycles. The number of hydrogen-bond acceptors (Lipinski definition) is 4. The summed E-state index contributed by atoms with van der Waals surface area (Å²) in [5, 5.41) is 13.1. The standard InChI is InChI=1S/C16H20N4O2/c21-16(22)12-20-15(5-7-18-20)14-4-2-8-19(11-14)10-13-3-1-6-17-9-13/h1,3,5-7,9,14H,2,4,8,10-12H2,(H,21,22)/t14-/m0/s1. The van der Waals surface area contributed by atoms with Crippen LogP contribution in [0, 0.1) is 0 Å². The molecule has 6 heteroatoms. The van der Waals surface area contributed by atoms with Gasteiger partial charge in [-0.3, -0.25) is 19.4 Å². The zero-order valence-corrected chi connectivity index (χ0v) is 12.4. The van der Waals surface area contributed by atoms with Crippen LogP contribution in [-0.4, -0.2) is 43.8 Å². The molecule has 1 saturated heterocycles. The Morgan fingerprint density at radius 2 is 2.27 bits per heavy atom. The van der Waals surface area contributed by atoms with Gasteiger partial charge in [-0.25, -0.2) is 0 Å². The number of carboxylic acids is 1. The van der Waals surface area contributed by atoms with Gasteiger partial charge in [-0.2, -0.15) is 5.10 Å². The molecule has 2 aromatic heterocycles. The second-order valence-corrected chi connectivity index (χ2v) is 5.74. The smallest absolute Gasteiger partial charge is 0.325 e. The highest BCUT2D eigenvalue weighted by Gasteiger charge is 2.24. The predicted octanol–water partition coefficient (Wildman–Crippen LogP) is 1.74.